The summed E-state index contributed by atoms with van der Waals surface area (Å²) in [6.07, 6.45) is 5.34. The molecule has 28 heavy (non-hydrogen) atoms. The van der Waals surface area contributed by atoms with E-state index in [0.717, 1.165) is 16.6 Å². The fraction of sp³-hybridized carbons (Fsp3) is 0.0952. The Bertz CT molecular complexity index is 1130. The predicted molar refractivity (Wildman–Crippen MR) is 129 cm³/mol. The molecule has 1 N–H and O–H groups in total. The highest BCUT2D eigenvalue weighted by Gasteiger charge is 2.12. The molecule has 0 unspecified atom stereocenters. The molecule has 5 nitrogen and oxygen atoms in total. The van der Waals surface area contributed by atoms with E-state index < -0.39 is 0 Å². The van der Waals surface area contributed by atoms with Crippen LogP contribution in [0.1, 0.15) is 12.0 Å². The lowest BCUT2D eigenvalue weighted by Gasteiger charge is -2.07. The molecule has 0 aliphatic heterocycles. The number of carbonyl (C=O) groups excluding carboxylic acids is 1. The Morgan fingerprint density at radius 3 is 2.21 bits per heavy atom. The summed E-state index contributed by atoms with van der Waals surface area (Å²) in [7, 11) is 0. The largest absolute Gasteiger partial charge is 0.340 e. The van der Waals surface area contributed by atoms with Gasteiger partial charge in [-0.3, -0.25) is 9.78 Å². The van der Waals surface area contributed by atoms with Gasteiger partial charge in [-0.1, -0.05) is 0 Å². The van der Waals surface area contributed by atoms with Gasteiger partial charge in [-0.25, -0.2) is 5.43 Å². The predicted octanol–water partition coefficient (Wildman–Crippen LogP) is 4.94. The zero-order chi connectivity index (χ0) is 19.5. The fourth-order valence-corrected chi connectivity index (χ4v) is 4.17. The Labute approximate surface area is 189 Å². The molecule has 0 saturated heterocycles. The monoisotopic (exact) mass is 594 g/mol. The molecule has 140 valence electrons. The lowest BCUT2D eigenvalue weighted by Crippen LogP contribution is -2.19. The van der Waals surface area contributed by atoms with Crippen molar-refractivity contribution in [2.24, 2.45) is 5.10 Å². The van der Waals surface area contributed by atoms with E-state index in [0.29, 0.717) is 13.0 Å². The Morgan fingerprint density at radius 2 is 1.61 bits per heavy atom. The van der Waals surface area contributed by atoms with Crippen LogP contribution in [0.4, 0.5) is 0 Å². The van der Waals surface area contributed by atoms with Crippen LogP contribution in [0.15, 0.2) is 66.0 Å². The molecule has 0 saturated carbocycles. The second-order valence-electron chi connectivity index (χ2n) is 6.30. The number of benzene rings is 2. The van der Waals surface area contributed by atoms with Crippen molar-refractivity contribution < 1.29 is 4.79 Å². The number of hydrazone groups is 1. The van der Waals surface area contributed by atoms with Gasteiger partial charge in [0.25, 0.3) is 0 Å². The van der Waals surface area contributed by atoms with Crippen LogP contribution < -0.4 is 5.43 Å². The second-order valence-corrected chi connectivity index (χ2v) is 8.79. The summed E-state index contributed by atoms with van der Waals surface area (Å²) in [6, 6.07) is 16.5. The van der Waals surface area contributed by atoms with Crippen molar-refractivity contribution >= 4 is 79.1 Å². The van der Waals surface area contributed by atoms with Crippen molar-refractivity contribution in [3.63, 3.8) is 0 Å². The number of hydrogen-bond donors (Lipinski definition) is 1. The Kier molecular flexibility index (Phi) is 5.90. The molecule has 4 aromatic rings. The van der Waals surface area contributed by atoms with Gasteiger partial charge in [0.2, 0.25) is 5.91 Å². The van der Waals surface area contributed by atoms with E-state index in [2.05, 4.69) is 102 Å². The van der Waals surface area contributed by atoms with Gasteiger partial charge < -0.3 is 4.57 Å². The van der Waals surface area contributed by atoms with Crippen molar-refractivity contribution in [1.82, 2.24) is 15.0 Å². The molecule has 0 bridgehead atoms. The van der Waals surface area contributed by atoms with E-state index in [-0.39, 0.29) is 5.91 Å². The van der Waals surface area contributed by atoms with Crippen LogP contribution in [0.2, 0.25) is 0 Å². The number of hydrogen-bond acceptors (Lipinski definition) is 3. The average Bonchev–Trinajstić information content (AvgIpc) is 2.99. The zero-order valence-electron chi connectivity index (χ0n) is 14.8. The summed E-state index contributed by atoms with van der Waals surface area (Å²) in [5.74, 6) is -0.115. The van der Waals surface area contributed by atoms with Gasteiger partial charge in [0.15, 0.2) is 0 Å². The van der Waals surface area contributed by atoms with E-state index in [4.69, 9.17) is 0 Å². The Hall–Kier alpha value is -2.01. The van der Waals surface area contributed by atoms with Crippen LogP contribution in [0.25, 0.3) is 21.8 Å². The normalized spacial score (nSPS) is 11.5. The Balaban J connectivity index is 1.54. The van der Waals surface area contributed by atoms with E-state index in [1.54, 1.807) is 18.6 Å². The van der Waals surface area contributed by atoms with Crippen LogP contribution in [-0.2, 0) is 11.3 Å². The molecule has 7 heteroatoms. The van der Waals surface area contributed by atoms with Crippen molar-refractivity contribution in [3.05, 3.63) is 73.6 Å². The first-order valence-electron chi connectivity index (χ1n) is 8.71. The number of pyridine rings is 1. The molecule has 0 aliphatic rings. The minimum Gasteiger partial charge on any atom is -0.340 e. The summed E-state index contributed by atoms with van der Waals surface area (Å²) >= 11 is 4.67. The molecule has 0 spiro atoms. The summed E-state index contributed by atoms with van der Waals surface area (Å²) in [6.45, 7) is 0.595. The van der Waals surface area contributed by atoms with Crippen LogP contribution in [0.3, 0.4) is 0 Å². The minimum atomic E-state index is -0.115. The molecule has 0 atom stereocenters. The quantitative estimate of drug-likeness (QED) is 0.202. The smallest absolute Gasteiger partial charge is 0.241 e. The van der Waals surface area contributed by atoms with Gasteiger partial charge in [0.05, 0.1) is 6.21 Å². The number of rotatable bonds is 5. The highest BCUT2D eigenvalue weighted by atomic mass is 127. The number of fused-ring (bicyclic) bond motifs is 3. The lowest BCUT2D eigenvalue weighted by molar-refractivity contribution is -0.121. The SMILES string of the molecule is O=C(CCn1c2ccc(I)cc2c2cc(I)ccc21)N/N=C\c1ccncc1. The van der Waals surface area contributed by atoms with Gasteiger partial charge in [-0.05, 0) is 99.3 Å². The number of carbonyl (C=O) groups is 1. The van der Waals surface area contributed by atoms with E-state index in [1.165, 1.54) is 17.9 Å². The maximum Gasteiger partial charge on any atom is 0.241 e. The van der Waals surface area contributed by atoms with E-state index in [9.17, 15) is 4.79 Å². The number of nitrogens with one attached hydrogen (secondary N) is 1. The van der Waals surface area contributed by atoms with Gasteiger partial charge in [0, 0.05) is 54.3 Å². The highest BCUT2D eigenvalue weighted by molar-refractivity contribution is 14.1. The fourth-order valence-electron chi connectivity index (χ4n) is 3.19. The average molecular weight is 594 g/mol. The van der Waals surface area contributed by atoms with Gasteiger partial charge >= 0.3 is 0 Å². The molecule has 2 aromatic heterocycles. The van der Waals surface area contributed by atoms with Crippen LogP contribution >= 0.6 is 45.2 Å². The Morgan fingerprint density at radius 1 is 1.00 bits per heavy atom. The summed E-state index contributed by atoms with van der Waals surface area (Å²) in [5, 5.41) is 6.46. The molecule has 0 aliphatic carbocycles. The topological polar surface area (TPSA) is 59.3 Å². The second kappa shape index (κ2) is 8.56. The molecule has 2 aromatic carbocycles. The van der Waals surface area contributed by atoms with Gasteiger partial charge in [-0.2, -0.15) is 5.10 Å². The van der Waals surface area contributed by atoms with Crippen molar-refractivity contribution in [3.8, 4) is 0 Å². The van der Waals surface area contributed by atoms with Gasteiger partial charge in [0.1, 0.15) is 0 Å². The highest BCUT2D eigenvalue weighted by Crippen LogP contribution is 2.31. The third-order valence-corrected chi connectivity index (χ3v) is 5.80. The number of aromatic nitrogens is 2. The minimum absolute atomic E-state index is 0.115. The maximum absolute atomic E-state index is 12.3. The lowest BCUT2D eigenvalue weighted by atomic mass is 10.2. The van der Waals surface area contributed by atoms with Crippen molar-refractivity contribution in [2.45, 2.75) is 13.0 Å². The first-order chi connectivity index (χ1) is 13.6. The molecular weight excluding hydrogens is 578 g/mol. The number of amides is 1. The van der Waals surface area contributed by atoms with E-state index in [1.807, 2.05) is 12.1 Å². The standard InChI is InChI=1S/C21H16I2N4O/c22-15-1-3-19-17(11-15)18-12-16(23)2-4-20(18)27(19)10-7-21(28)26-25-13-14-5-8-24-9-6-14/h1-6,8-9,11-13H,7,10H2,(H,26,28)/b25-13-. The van der Waals surface area contributed by atoms with Crippen LogP contribution in [0, 0.1) is 7.14 Å². The number of halogens is 2. The molecule has 4 rings (SSSR count). The molecule has 0 fully saturated rings. The van der Waals surface area contributed by atoms with Crippen LogP contribution in [-0.4, -0.2) is 21.7 Å². The molecular formula is C21H16I2N4O. The van der Waals surface area contributed by atoms with Gasteiger partial charge in [-0.15, -0.1) is 0 Å². The summed E-state index contributed by atoms with van der Waals surface area (Å²) in [4.78, 5) is 16.2. The first kappa shape index (κ1) is 19.3. The summed E-state index contributed by atoms with van der Waals surface area (Å²) in [5.41, 5.74) is 5.78. The first-order valence-corrected chi connectivity index (χ1v) is 10.9. The molecule has 0 radical (unpaired) electrons. The molecule has 1 amide bonds. The maximum atomic E-state index is 12.3. The third-order valence-electron chi connectivity index (χ3n) is 4.46. The summed E-state index contributed by atoms with van der Waals surface area (Å²) < 4.78 is 4.61. The number of nitrogens with zero attached hydrogens (tertiary/aromatic N) is 3. The van der Waals surface area contributed by atoms with Crippen molar-refractivity contribution in [2.75, 3.05) is 0 Å². The molecule has 2 heterocycles. The third kappa shape index (κ3) is 4.19. The van der Waals surface area contributed by atoms with Crippen molar-refractivity contribution in [1.29, 1.82) is 0 Å². The van der Waals surface area contributed by atoms with E-state index >= 15 is 0 Å². The zero-order valence-corrected chi connectivity index (χ0v) is 19.1. The van der Waals surface area contributed by atoms with Crippen LogP contribution in [0.5, 0.6) is 0 Å². The number of aryl methyl sites for hydroxylation is 1.